The minimum absolute atomic E-state index is 0.0187. The van der Waals surface area contributed by atoms with Gasteiger partial charge in [-0.2, -0.15) is 0 Å². The number of nitrogens with one attached hydrogen (secondary N) is 2. The summed E-state index contributed by atoms with van der Waals surface area (Å²) >= 11 is 0. The Hall–Kier alpha value is -1.62. The van der Waals surface area contributed by atoms with Gasteiger partial charge in [-0.1, -0.05) is 0 Å². The van der Waals surface area contributed by atoms with Crippen LogP contribution in [-0.2, 0) is 4.79 Å². The van der Waals surface area contributed by atoms with E-state index in [9.17, 15) is 9.18 Å². The Bertz CT molecular complexity index is 431. The van der Waals surface area contributed by atoms with Crippen molar-refractivity contribution in [2.45, 2.75) is 12.8 Å². The first-order valence-corrected chi connectivity index (χ1v) is 6.06. The van der Waals surface area contributed by atoms with E-state index in [1.807, 2.05) is 0 Å². The molecule has 1 amide bonds. The number of piperidine rings is 1. The maximum absolute atomic E-state index is 13.2. The molecule has 4 nitrogen and oxygen atoms in total. The number of benzene rings is 1. The third-order valence-electron chi connectivity index (χ3n) is 3.09. The highest BCUT2D eigenvalue weighted by Crippen LogP contribution is 2.22. The number of halogens is 1. The van der Waals surface area contributed by atoms with Crippen molar-refractivity contribution >= 4 is 11.6 Å². The zero-order chi connectivity index (χ0) is 13.0. The van der Waals surface area contributed by atoms with Gasteiger partial charge < -0.3 is 15.4 Å². The Labute approximate surface area is 106 Å². The molecule has 1 aliphatic heterocycles. The lowest BCUT2D eigenvalue weighted by molar-refractivity contribution is -0.120. The minimum atomic E-state index is -0.435. The molecule has 1 fully saturated rings. The molecule has 1 aromatic carbocycles. The lowest BCUT2D eigenvalue weighted by Gasteiger charge is -2.22. The van der Waals surface area contributed by atoms with Gasteiger partial charge in [0.2, 0.25) is 5.91 Å². The molecule has 5 heteroatoms. The van der Waals surface area contributed by atoms with Crippen molar-refractivity contribution in [1.29, 1.82) is 0 Å². The molecule has 0 spiro atoms. The molecule has 0 saturated carbocycles. The number of hydrogen-bond acceptors (Lipinski definition) is 3. The van der Waals surface area contributed by atoms with Crippen molar-refractivity contribution < 1.29 is 13.9 Å². The predicted molar refractivity (Wildman–Crippen MR) is 67.2 cm³/mol. The molecule has 0 aromatic heterocycles. The number of anilines is 1. The van der Waals surface area contributed by atoms with Crippen molar-refractivity contribution in [2.24, 2.45) is 5.92 Å². The van der Waals surface area contributed by atoms with Crippen LogP contribution < -0.4 is 15.4 Å². The number of rotatable bonds is 3. The molecule has 2 rings (SSSR count). The summed E-state index contributed by atoms with van der Waals surface area (Å²) in [6, 6.07) is 4.31. The molecule has 1 atom stereocenters. The number of carbonyl (C=O) groups excluding carboxylic acids is 1. The molecule has 0 bridgehead atoms. The van der Waals surface area contributed by atoms with Gasteiger partial charge in [0.15, 0.2) is 11.6 Å². The maximum Gasteiger partial charge on any atom is 0.228 e. The molecule has 1 aliphatic rings. The first-order chi connectivity index (χ1) is 8.70. The normalized spacial score (nSPS) is 19.3. The fourth-order valence-electron chi connectivity index (χ4n) is 2.06. The van der Waals surface area contributed by atoms with Gasteiger partial charge in [-0.05, 0) is 31.5 Å². The van der Waals surface area contributed by atoms with Crippen LogP contribution in [0.1, 0.15) is 12.8 Å². The zero-order valence-electron chi connectivity index (χ0n) is 10.3. The van der Waals surface area contributed by atoms with Gasteiger partial charge in [0.25, 0.3) is 0 Å². The molecular formula is C13H17FN2O2. The Morgan fingerprint density at radius 3 is 3.06 bits per heavy atom. The summed E-state index contributed by atoms with van der Waals surface area (Å²) in [6.45, 7) is 1.66. The third kappa shape index (κ3) is 2.98. The topological polar surface area (TPSA) is 50.4 Å². The summed E-state index contributed by atoms with van der Waals surface area (Å²) in [4.78, 5) is 12.0. The van der Waals surface area contributed by atoms with Gasteiger partial charge in [-0.15, -0.1) is 0 Å². The average molecular weight is 252 g/mol. The monoisotopic (exact) mass is 252 g/mol. The quantitative estimate of drug-likeness (QED) is 0.862. The van der Waals surface area contributed by atoms with Crippen molar-refractivity contribution in [3.8, 4) is 5.75 Å². The second-order valence-electron chi connectivity index (χ2n) is 4.38. The smallest absolute Gasteiger partial charge is 0.228 e. The summed E-state index contributed by atoms with van der Waals surface area (Å²) in [5, 5.41) is 5.98. The number of hydrogen-bond donors (Lipinski definition) is 2. The summed E-state index contributed by atoms with van der Waals surface area (Å²) in [7, 11) is 1.40. The molecular weight excluding hydrogens is 235 g/mol. The van der Waals surface area contributed by atoms with E-state index in [0.717, 1.165) is 19.4 Å². The van der Waals surface area contributed by atoms with Crippen LogP contribution in [0.4, 0.5) is 10.1 Å². The Morgan fingerprint density at radius 2 is 2.39 bits per heavy atom. The summed E-state index contributed by atoms with van der Waals surface area (Å²) in [5.41, 5.74) is 0.559. The summed E-state index contributed by atoms with van der Waals surface area (Å²) < 4.78 is 18.1. The van der Waals surface area contributed by atoms with E-state index in [2.05, 4.69) is 10.6 Å². The first-order valence-electron chi connectivity index (χ1n) is 6.06. The van der Waals surface area contributed by atoms with Crippen molar-refractivity contribution in [3.63, 3.8) is 0 Å². The Kier molecular flexibility index (Phi) is 4.15. The highest BCUT2D eigenvalue weighted by Gasteiger charge is 2.21. The van der Waals surface area contributed by atoms with Crippen molar-refractivity contribution in [3.05, 3.63) is 24.0 Å². The van der Waals surface area contributed by atoms with Crippen LogP contribution in [0.2, 0.25) is 0 Å². The number of amides is 1. The molecule has 0 aliphatic carbocycles. The third-order valence-corrected chi connectivity index (χ3v) is 3.09. The van der Waals surface area contributed by atoms with E-state index < -0.39 is 5.82 Å². The lowest BCUT2D eigenvalue weighted by Crippen LogP contribution is -2.37. The van der Waals surface area contributed by atoms with Crippen LogP contribution in [0.5, 0.6) is 5.75 Å². The number of methoxy groups -OCH3 is 1. The summed E-state index contributed by atoms with van der Waals surface area (Å²) in [5.74, 6) is -0.352. The van der Waals surface area contributed by atoms with E-state index >= 15 is 0 Å². The van der Waals surface area contributed by atoms with E-state index in [0.29, 0.717) is 12.2 Å². The molecule has 98 valence electrons. The van der Waals surface area contributed by atoms with E-state index in [4.69, 9.17) is 4.74 Å². The van der Waals surface area contributed by atoms with Crippen LogP contribution in [-0.4, -0.2) is 26.1 Å². The van der Waals surface area contributed by atoms with Gasteiger partial charge in [0.05, 0.1) is 13.0 Å². The Morgan fingerprint density at radius 1 is 1.56 bits per heavy atom. The molecule has 0 radical (unpaired) electrons. The maximum atomic E-state index is 13.2. The van der Waals surface area contributed by atoms with Gasteiger partial charge >= 0.3 is 0 Å². The van der Waals surface area contributed by atoms with Crippen molar-refractivity contribution in [2.75, 3.05) is 25.5 Å². The van der Waals surface area contributed by atoms with Crippen LogP contribution in [0.15, 0.2) is 18.2 Å². The standard InChI is InChI=1S/C13H17FN2O2/c1-18-12-7-10(4-5-11(12)14)16-13(17)9-3-2-6-15-8-9/h4-5,7,9,15H,2-3,6,8H2,1H3,(H,16,17)/t9-/m0/s1. The fourth-order valence-corrected chi connectivity index (χ4v) is 2.06. The molecule has 1 aromatic rings. The minimum Gasteiger partial charge on any atom is -0.494 e. The Balaban J connectivity index is 2.02. The second-order valence-corrected chi connectivity index (χ2v) is 4.38. The SMILES string of the molecule is COc1cc(NC(=O)[C@H]2CCCNC2)ccc1F. The fraction of sp³-hybridized carbons (Fsp3) is 0.462. The van der Waals surface area contributed by atoms with Crippen LogP contribution in [0.25, 0.3) is 0 Å². The largest absolute Gasteiger partial charge is 0.494 e. The van der Waals surface area contributed by atoms with E-state index in [1.165, 1.54) is 25.3 Å². The van der Waals surface area contributed by atoms with Crippen LogP contribution in [0, 0.1) is 11.7 Å². The van der Waals surface area contributed by atoms with Gasteiger partial charge in [-0.25, -0.2) is 4.39 Å². The summed E-state index contributed by atoms with van der Waals surface area (Å²) in [6.07, 6.45) is 1.89. The predicted octanol–water partition coefficient (Wildman–Crippen LogP) is 1.77. The van der Waals surface area contributed by atoms with Gasteiger partial charge in [-0.3, -0.25) is 4.79 Å². The zero-order valence-corrected chi connectivity index (χ0v) is 10.3. The average Bonchev–Trinajstić information content (AvgIpc) is 2.42. The highest BCUT2D eigenvalue weighted by atomic mass is 19.1. The second kappa shape index (κ2) is 5.82. The lowest BCUT2D eigenvalue weighted by atomic mass is 9.99. The first kappa shape index (κ1) is 12.8. The van der Waals surface area contributed by atoms with Gasteiger partial charge in [0.1, 0.15) is 0 Å². The van der Waals surface area contributed by atoms with Gasteiger partial charge in [0, 0.05) is 18.3 Å². The molecule has 1 heterocycles. The molecule has 2 N–H and O–H groups in total. The van der Waals surface area contributed by atoms with Crippen LogP contribution >= 0.6 is 0 Å². The highest BCUT2D eigenvalue weighted by molar-refractivity contribution is 5.92. The molecule has 1 saturated heterocycles. The molecule has 0 unspecified atom stereocenters. The van der Waals surface area contributed by atoms with Crippen LogP contribution in [0.3, 0.4) is 0 Å². The number of ether oxygens (including phenoxy) is 1. The van der Waals surface area contributed by atoms with E-state index in [1.54, 1.807) is 0 Å². The van der Waals surface area contributed by atoms with E-state index in [-0.39, 0.29) is 17.6 Å². The molecule has 18 heavy (non-hydrogen) atoms. The van der Waals surface area contributed by atoms with Crippen molar-refractivity contribution in [1.82, 2.24) is 5.32 Å². The number of carbonyl (C=O) groups is 1.